The van der Waals surface area contributed by atoms with Crippen molar-refractivity contribution in [3.63, 3.8) is 0 Å². The Balaban J connectivity index is 2.68. The number of carbonyl (C=O) groups excluding carboxylic acids is 1. The molecule has 0 aliphatic heterocycles. The van der Waals surface area contributed by atoms with Crippen molar-refractivity contribution in [1.82, 2.24) is 10.3 Å². The molecule has 0 fully saturated rings. The molecule has 1 atom stereocenters. The van der Waals surface area contributed by atoms with Gasteiger partial charge in [0, 0.05) is 25.0 Å². The summed E-state index contributed by atoms with van der Waals surface area (Å²) in [6.45, 7) is 3.57. The molecule has 1 rings (SSSR count). The topological polar surface area (TPSA) is 82.2 Å². The zero-order valence-electron chi connectivity index (χ0n) is 9.41. The quantitative estimate of drug-likeness (QED) is 0.686. The molecule has 0 saturated heterocycles. The van der Waals surface area contributed by atoms with Crippen molar-refractivity contribution >= 4 is 5.91 Å². The first-order chi connectivity index (χ1) is 7.46. The van der Waals surface area contributed by atoms with E-state index in [2.05, 4.69) is 10.3 Å². The van der Waals surface area contributed by atoms with Crippen LogP contribution in [-0.4, -0.2) is 28.1 Å². The minimum absolute atomic E-state index is 0.0504. The van der Waals surface area contributed by atoms with Crippen molar-refractivity contribution in [2.45, 2.75) is 25.9 Å². The van der Waals surface area contributed by atoms with Crippen molar-refractivity contribution in [2.24, 2.45) is 0 Å². The number of carbonyl (C=O) groups is 1. The molecule has 0 saturated carbocycles. The minimum Gasteiger partial charge on any atom is -0.388 e. The van der Waals surface area contributed by atoms with Crippen LogP contribution in [0.5, 0.6) is 0 Å². The number of aromatic nitrogens is 1. The fourth-order valence-corrected chi connectivity index (χ4v) is 1.08. The van der Waals surface area contributed by atoms with Crippen LogP contribution in [0.25, 0.3) is 0 Å². The van der Waals surface area contributed by atoms with E-state index < -0.39 is 11.5 Å². The Morgan fingerprint density at radius 1 is 1.62 bits per heavy atom. The fourth-order valence-electron chi connectivity index (χ4n) is 1.08. The second-order valence-electron chi connectivity index (χ2n) is 3.96. The first-order valence-electron chi connectivity index (χ1n) is 5.14. The number of nitrogens with one attached hydrogen (secondary N) is 2. The van der Waals surface area contributed by atoms with E-state index in [1.807, 2.05) is 6.92 Å². The Morgan fingerprint density at radius 3 is 2.88 bits per heavy atom. The molecule has 5 heteroatoms. The number of rotatable bonds is 4. The van der Waals surface area contributed by atoms with Gasteiger partial charge in [-0.15, -0.1) is 0 Å². The molecule has 16 heavy (non-hydrogen) atoms. The van der Waals surface area contributed by atoms with Gasteiger partial charge in [-0.05, 0) is 13.3 Å². The first-order valence-corrected chi connectivity index (χ1v) is 5.14. The standard InChI is InChI=1S/C11H16N2O3/c1-3-11(2,16)7-13-10(15)8-6-12-5-4-9(8)14/h4-6,16H,3,7H2,1-2H3,(H,12,14)(H,13,15). The lowest BCUT2D eigenvalue weighted by Gasteiger charge is -2.21. The summed E-state index contributed by atoms with van der Waals surface area (Å²) < 4.78 is 0. The number of H-pyrrole nitrogens is 1. The van der Waals surface area contributed by atoms with Gasteiger partial charge in [-0.3, -0.25) is 9.59 Å². The van der Waals surface area contributed by atoms with Crippen LogP contribution >= 0.6 is 0 Å². The highest BCUT2D eigenvalue weighted by molar-refractivity contribution is 5.93. The average molecular weight is 224 g/mol. The third-order valence-corrected chi connectivity index (χ3v) is 2.46. The second-order valence-corrected chi connectivity index (χ2v) is 3.96. The van der Waals surface area contributed by atoms with E-state index in [0.29, 0.717) is 6.42 Å². The Bertz CT molecular complexity index is 423. The van der Waals surface area contributed by atoms with Gasteiger partial charge in [-0.2, -0.15) is 0 Å². The van der Waals surface area contributed by atoms with Crippen molar-refractivity contribution in [3.8, 4) is 0 Å². The highest BCUT2D eigenvalue weighted by atomic mass is 16.3. The maximum Gasteiger partial charge on any atom is 0.256 e. The lowest BCUT2D eigenvalue weighted by atomic mass is 10.0. The molecule has 0 bridgehead atoms. The van der Waals surface area contributed by atoms with Crippen molar-refractivity contribution in [1.29, 1.82) is 0 Å². The minimum atomic E-state index is -0.947. The molecule has 1 heterocycles. The molecule has 0 spiro atoms. The van der Waals surface area contributed by atoms with Crippen LogP contribution in [0.3, 0.4) is 0 Å². The van der Waals surface area contributed by atoms with Gasteiger partial charge in [0.15, 0.2) is 5.43 Å². The number of aromatic amines is 1. The SMILES string of the molecule is CCC(C)(O)CNC(=O)c1c[nH]ccc1=O. The van der Waals surface area contributed by atoms with E-state index in [-0.39, 0.29) is 17.5 Å². The lowest BCUT2D eigenvalue weighted by Crippen LogP contribution is -2.41. The molecule has 0 aliphatic rings. The summed E-state index contributed by atoms with van der Waals surface area (Å²) in [5, 5.41) is 12.2. The van der Waals surface area contributed by atoms with Gasteiger partial charge >= 0.3 is 0 Å². The van der Waals surface area contributed by atoms with Gasteiger partial charge in [0.25, 0.3) is 5.91 Å². The molecule has 1 unspecified atom stereocenters. The van der Waals surface area contributed by atoms with Crippen LogP contribution in [0.1, 0.15) is 30.6 Å². The van der Waals surface area contributed by atoms with E-state index in [4.69, 9.17) is 0 Å². The summed E-state index contributed by atoms with van der Waals surface area (Å²) in [5.41, 5.74) is -1.24. The lowest BCUT2D eigenvalue weighted by molar-refractivity contribution is 0.0518. The predicted octanol–water partition coefficient (Wildman–Crippen LogP) is 0.266. The summed E-state index contributed by atoms with van der Waals surface area (Å²) in [6, 6.07) is 1.28. The maximum absolute atomic E-state index is 11.6. The zero-order chi connectivity index (χ0) is 12.2. The summed E-state index contributed by atoms with van der Waals surface area (Å²) in [7, 11) is 0. The molecular weight excluding hydrogens is 208 g/mol. The molecule has 1 aromatic rings. The molecule has 1 amide bonds. The third-order valence-electron chi connectivity index (χ3n) is 2.46. The number of hydrogen-bond acceptors (Lipinski definition) is 3. The highest BCUT2D eigenvalue weighted by Gasteiger charge is 2.19. The van der Waals surface area contributed by atoms with Gasteiger partial charge in [0.05, 0.1) is 5.60 Å². The largest absolute Gasteiger partial charge is 0.388 e. The van der Waals surface area contributed by atoms with Gasteiger partial charge in [-0.1, -0.05) is 6.92 Å². The van der Waals surface area contributed by atoms with Gasteiger partial charge in [-0.25, -0.2) is 0 Å². The van der Waals surface area contributed by atoms with E-state index >= 15 is 0 Å². The van der Waals surface area contributed by atoms with Crippen LogP contribution in [0.4, 0.5) is 0 Å². The van der Waals surface area contributed by atoms with E-state index in [9.17, 15) is 14.7 Å². The Morgan fingerprint density at radius 2 is 2.31 bits per heavy atom. The van der Waals surface area contributed by atoms with E-state index in [0.717, 1.165) is 0 Å². The maximum atomic E-state index is 11.6. The molecule has 1 aromatic heterocycles. The highest BCUT2D eigenvalue weighted by Crippen LogP contribution is 2.06. The van der Waals surface area contributed by atoms with E-state index in [1.54, 1.807) is 6.92 Å². The van der Waals surface area contributed by atoms with Crippen LogP contribution in [0.2, 0.25) is 0 Å². The number of aliphatic hydroxyl groups is 1. The van der Waals surface area contributed by atoms with Crippen molar-refractivity contribution in [2.75, 3.05) is 6.54 Å². The molecule has 3 N–H and O–H groups in total. The summed E-state index contributed by atoms with van der Waals surface area (Å²) >= 11 is 0. The van der Waals surface area contributed by atoms with Crippen molar-refractivity contribution < 1.29 is 9.90 Å². The number of pyridine rings is 1. The number of hydrogen-bond donors (Lipinski definition) is 3. The van der Waals surface area contributed by atoms with Crippen molar-refractivity contribution in [3.05, 3.63) is 34.2 Å². The smallest absolute Gasteiger partial charge is 0.256 e. The normalized spacial score (nSPS) is 14.2. The van der Waals surface area contributed by atoms with Gasteiger partial charge < -0.3 is 15.4 Å². The first kappa shape index (κ1) is 12.4. The molecule has 0 radical (unpaired) electrons. The van der Waals surface area contributed by atoms with Crippen LogP contribution in [0.15, 0.2) is 23.3 Å². The van der Waals surface area contributed by atoms with Crippen LogP contribution < -0.4 is 10.7 Å². The summed E-state index contributed by atoms with van der Waals surface area (Å²) in [4.78, 5) is 25.6. The number of amides is 1. The Labute approximate surface area is 93.5 Å². The average Bonchev–Trinajstić information content (AvgIpc) is 2.27. The van der Waals surface area contributed by atoms with Gasteiger partial charge in [0.2, 0.25) is 0 Å². The zero-order valence-corrected chi connectivity index (χ0v) is 9.41. The molecular formula is C11H16N2O3. The van der Waals surface area contributed by atoms with Crippen LogP contribution in [0, 0.1) is 0 Å². The molecule has 0 aromatic carbocycles. The van der Waals surface area contributed by atoms with Gasteiger partial charge in [0.1, 0.15) is 5.56 Å². The second kappa shape index (κ2) is 4.94. The predicted molar refractivity (Wildman–Crippen MR) is 60.3 cm³/mol. The molecule has 88 valence electrons. The third kappa shape index (κ3) is 3.20. The molecule has 0 aliphatic carbocycles. The van der Waals surface area contributed by atoms with Crippen LogP contribution in [-0.2, 0) is 0 Å². The molecule has 5 nitrogen and oxygen atoms in total. The Hall–Kier alpha value is -1.62. The monoisotopic (exact) mass is 224 g/mol. The summed E-state index contributed by atoms with van der Waals surface area (Å²) in [6.07, 6.45) is 3.33. The fraction of sp³-hybridized carbons (Fsp3) is 0.455. The Kier molecular flexibility index (Phi) is 3.84. The summed E-state index contributed by atoms with van der Waals surface area (Å²) in [5.74, 6) is -0.476. The van der Waals surface area contributed by atoms with E-state index in [1.165, 1.54) is 18.5 Å².